The van der Waals surface area contributed by atoms with Crippen LogP contribution in [0.5, 0.6) is 0 Å². The lowest BCUT2D eigenvalue weighted by atomic mass is 9.94. The smallest absolute Gasteiger partial charge is 0.253 e. The number of rotatable bonds is 9. The summed E-state index contributed by atoms with van der Waals surface area (Å²) < 4.78 is 5.64. The molecule has 3 aromatic rings. The molecule has 2 aromatic carbocycles. The molecule has 2 N–H and O–H groups in total. The van der Waals surface area contributed by atoms with Crippen molar-refractivity contribution in [1.29, 1.82) is 0 Å². The number of aryl methyl sites for hydroxylation is 2. The van der Waals surface area contributed by atoms with E-state index in [0.29, 0.717) is 23.1 Å². The van der Waals surface area contributed by atoms with Crippen LogP contribution in [-0.2, 0) is 17.7 Å². The van der Waals surface area contributed by atoms with Gasteiger partial charge in [0.25, 0.3) is 11.5 Å². The summed E-state index contributed by atoms with van der Waals surface area (Å²) in [5, 5.41) is 3.03. The molecule has 1 aliphatic rings. The number of hydrogen-bond acceptors (Lipinski definition) is 4. The van der Waals surface area contributed by atoms with Gasteiger partial charge in [-0.2, -0.15) is 0 Å². The topological polar surface area (TPSA) is 74.4 Å². The molecule has 1 saturated heterocycles. The number of nitrogens with zero attached hydrogens (tertiary/aromatic N) is 1. The van der Waals surface area contributed by atoms with Crippen LogP contribution in [-0.4, -0.2) is 36.7 Å². The lowest BCUT2D eigenvalue weighted by Crippen LogP contribution is -2.40. The second kappa shape index (κ2) is 12.6. The molecule has 208 valence electrons. The second-order valence-corrected chi connectivity index (χ2v) is 11.2. The predicted octanol–water partition coefficient (Wildman–Crippen LogP) is 6.10. The van der Waals surface area contributed by atoms with E-state index in [1.807, 2.05) is 32.9 Å². The highest BCUT2D eigenvalue weighted by Crippen LogP contribution is 2.34. The summed E-state index contributed by atoms with van der Waals surface area (Å²) in [6.45, 7) is 15.0. The number of amides is 1. The predicted molar refractivity (Wildman–Crippen MR) is 160 cm³/mol. The van der Waals surface area contributed by atoms with Crippen LogP contribution in [0, 0.1) is 26.7 Å². The van der Waals surface area contributed by atoms with Crippen LogP contribution in [0.15, 0.2) is 47.3 Å². The first-order chi connectivity index (χ1) is 18.7. The van der Waals surface area contributed by atoms with E-state index in [0.717, 1.165) is 72.7 Å². The van der Waals surface area contributed by atoms with Crippen LogP contribution in [0.25, 0.3) is 11.1 Å². The average molecular weight is 530 g/mol. The van der Waals surface area contributed by atoms with Gasteiger partial charge in [0, 0.05) is 54.9 Å². The Labute approximate surface area is 232 Å². The van der Waals surface area contributed by atoms with Crippen LogP contribution in [0.3, 0.4) is 0 Å². The molecule has 1 fully saturated rings. The number of benzene rings is 2. The van der Waals surface area contributed by atoms with E-state index in [9.17, 15) is 9.59 Å². The largest absolute Gasteiger partial charge is 0.381 e. The van der Waals surface area contributed by atoms with Crippen molar-refractivity contribution in [2.75, 3.05) is 24.7 Å². The zero-order valence-electron chi connectivity index (χ0n) is 24.3. The highest BCUT2D eigenvalue weighted by molar-refractivity contribution is 5.99. The van der Waals surface area contributed by atoms with Crippen molar-refractivity contribution >= 4 is 11.6 Å². The second-order valence-electron chi connectivity index (χ2n) is 11.2. The summed E-state index contributed by atoms with van der Waals surface area (Å²) >= 11 is 0. The maximum absolute atomic E-state index is 13.7. The van der Waals surface area contributed by atoms with E-state index < -0.39 is 0 Å². The number of ether oxygens (including phenoxy) is 1. The van der Waals surface area contributed by atoms with Gasteiger partial charge in [-0.05, 0) is 98.9 Å². The molecule has 1 amide bonds. The highest BCUT2D eigenvalue weighted by Gasteiger charge is 2.25. The van der Waals surface area contributed by atoms with Gasteiger partial charge in [0.15, 0.2) is 0 Å². The molecule has 0 spiro atoms. The molecule has 39 heavy (non-hydrogen) atoms. The van der Waals surface area contributed by atoms with Gasteiger partial charge in [0.2, 0.25) is 0 Å². The fraction of sp³-hybridized carbons (Fsp3) is 0.455. The third-order valence-corrected chi connectivity index (χ3v) is 7.76. The Bertz CT molecular complexity index is 1350. The number of anilines is 1. The number of nitrogens with one attached hydrogen (secondary N) is 2. The molecular formula is C33H43N3O3. The Morgan fingerprint density at radius 3 is 2.36 bits per heavy atom. The molecule has 0 aliphatic carbocycles. The Morgan fingerprint density at radius 1 is 1.05 bits per heavy atom. The van der Waals surface area contributed by atoms with Crippen molar-refractivity contribution in [2.45, 2.75) is 73.4 Å². The summed E-state index contributed by atoms with van der Waals surface area (Å²) in [6, 6.07) is 15.2. The molecule has 2 heterocycles. The van der Waals surface area contributed by atoms with Crippen molar-refractivity contribution < 1.29 is 9.53 Å². The Hall–Kier alpha value is -3.38. The van der Waals surface area contributed by atoms with Gasteiger partial charge in [-0.15, -0.1) is 0 Å². The summed E-state index contributed by atoms with van der Waals surface area (Å²) in [4.78, 5) is 31.5. The molecule has 6 nitrogen and oxygen atoms in total. The van der Waals surface area contributed by atoms with Crippen LogP contribution in [0.2, 0.25) is 0 Å². The normalized spacial score (nSPS) is 14.0. The number of carbonyl (C=O) groups excluding carboxylic acids is 1. The van der Waals surface area contributed by atoms with E-state index in [1.165, 1.54) is 5.56 Å². The minimum atomic E-state index is -0.172. The van der Waals surface area contributed by atoms with Crippen LogP contribution < -0.4 is 15.8 Å². The minimum Gasteiger partial charge on any atom is -0.381 e. The first kappa shape index (κ1) is 28.6. The standard InChI is InChI=1S/C33H43N3O3/c1-7-36(28-12-14-39-15-13-28)31-19-27(26-10-8-25(9-11-26)16-21(2)3)18-29(24(31)6)32(37)34-20-30-22(4)17-23(5)35-33(30)38/h8-11,17-19,21,28H,7,12-16,20H2,1-6H3,(H,34,37)(H,35,38). The van der Waals surface area contributed by atoms with Crippen LogP contribution in [0.4, 0.5) is 5.69 Å². The van der Waals surface area contributed by atoms with Gasteiger partial charge >= 0.3 is 0 Å². The summed E-state index contributed by atoms with van der Waals surface area (Å²) in [5.41, 5.74) is 8.22. The van der Waals surface area contributed by atoms with Crippen molar-refractivity contribution in [3.63, 3.8) is 0 Å². The molecule has 0 unspecified atom stereocenters. The number of aromatic amines is 1. The first-order valence-electron chi connectivity index (χ1n) is 14.2. The number of H-pyrrole nitrogens is 1. The number of pyridine rings is 1. The van der Waals surface area contributed by atoms with E-state index >= 15 is 0 Å². The summed E-state index contributed by atoms with van der Waals surface area (Å²) in [7, 11) is 0. The van der Waals surface area contributed by atoms with Gasteiger partial charge in [0.05, 0.1) is 0 Å². The van der Waals surface area contributed by atoms with Crippen molar-refractivity contribution in [3.05, 3.63) is 86.3 Å². The number of carbonyl (C=O) groups is 1. The van der Waals surface area contributed by atoms with Gasteiger partial charge < -0.3 is 19.9 Å². The quantitative estimate of drug-likeness (QED) is 0.351. The first-order valence-corrected chi connectivity index (χ1v) is 14.2. The third-order valence-electron chi connectivity index (χ3n) is 7.76. The lowest BCUT2D eigenvalue weighted by molar-refractivity contribution is 0.0846. The fourth-order valence-corrected chi connectivity index (χ4v) is 5.69. The Morgan fingerprint density at radius 2 is 1.74 bits per heavy atom. The Kier molecular flexibility index (Phi) is 9.28. The van der Waals surface area contributed by atoms with Crippen LogP contribution in [0.1, 0.15) is 71.9 Å². The van der Waals surface area contributed by atoms with Gasteiger partial charge in [-0.1, -0.05) is 38.1 Å². The molecule has 0 bridgehead atoms. The summed E-state index contributed by atoms with van der Waals surface area (Å²) in [6.07, 6.45) is 2.98. The maximum atomic E-state index is 13.7. The zero-order chi connectivity index (χ0) is 28.1. The fourth-order valence-electron chi connectivity index (χ4n) is 5.69. The molecule has 4 rings (SSSR count). The monoisotopic (exact) mass is 529 g/mol. The molecule has 1 aromatic heterocycles. The van der Waals surface area contributed by atoms with Gasteiger partial charge in [0.1, 0.15) is 0 Å². The van der Waals surface area contributed by atoms with Gasteiger partial charge in [-0.25, -0.2) is 0 Å². The molecule has 0 saturated carbocycles. The molecule has 0 atom stereocenters. The minimum absolute atomic E-state index is 0.155. The molecular weight excluding hydrogens is 486 g/mol. The highest BCUT2D eigenvalue weighted by atomic mass is 16.5. The van der Waals surface area contributed by atoms with E-state index in [1.54, 1.807) is 0 Å². The molecule has 1 aliphatic heterocycles. The van der Waals surface area contributed by atoms with Crippen molar-refractivity contribution in [3.8, 4) is 11.1 Å². The number of hydrogen-bond donors (Lipinski definition) is 2. The van der Waals surface area contributed by atoms with E-state index in [2.05, 4.69) is 66.3 Å². The third kappa shape index (κ3) is 6.80. The van der Waals surface area contributed by atoms with Crippen molar-refractivity contribution in [2.24, 2.45) is 5.92 Å². The maximum Gasteiger partial charge on any atom is 0.253 e. The van der Waals surface area contributed by atoms with E-state index in [4.69, 9.17) is 4.74 Å². The molecule has 0 radical (unpaired) electrons. The van der Waals surface area contributed by atoms with Crippen LogP contribution >= 0.6 is 0 Å². The van der Waals surface area contributed by atoms with Gasteiger partial charge in [-0.3, -0.25) is 9.59 Å². The SMILES string of the molecule is CCN(c1cc(-c2ccc(CC(C)C)cc2)cc(C(=O)NCc2c(C)cc(C)[nH]c2=O)c1C)C1CCOCC1. The van der Waals surface area contributed by atoms with E-state index in [-0.39, 0.29) is 18.0 Å². The summed E-state index contributed by atoms with van der Waals surface area (Å²) in [5.74, 6) is 0.425. The Balaban J connectivity index is 1.72. The lowest BCUT2D eigenvalue weighted by Gasteiger charge is -2.37. The average Bonchev–Trinajstić information content (AvgIpc) is 2.90. The number of aromatic nitrogens is 1. The molecule has 6 heteroatoms. The van der Waals surface area contributed by atoms with Crippen molar-refractivity contribution in [1.82, 2.24) is 10.3 Å². The zero-order valence-corrected chi connectivity index (χ0v) is 24.3.